The smallest absolute Gasteiger partial charge is 0.308 e. The monoisotopic (exact) mass is 260 g/mol. The van der Waals surface area contributed by atoms with Crippen LogP contribution in [0.15, 0.2) is 12.2 Å². The fraction of sp³-hybridized carbons (Fsp3) is 0.750. The standard InChI is InChI=1S/C12H21O4P/c1-5-15-17(14,16-6-2)11-10(13)8-7-9-12(11,3)4/h7-8,11H,5-6,9H2,1-4H3. The van der Waals surface area contributed by atoms with Crippen LogP contribution in [0.25, 0.3) is 0 Å². The molecule has 4 nitrogen and oxygen atoms in total. The van der Waals surface area contributed by atoms with Crippen molar-refractivity contribution in [1.82, 2.24) is 0 Å². The SMILES string of the molecule is CCOP(=O)(OCC)C1C(=O)C=CCC1(C)C. The second kappa shape index (κ2) is 5.47. The molecule has 1 unspecified atom stereocenters. The largest absolute Gasteiger partial charge is 0.341 e. The van der Waals surface area contributed by atoms with Crippen LogP contribution < -0.4 is 0 Å². The molecule has 0 aromatic heterocycles. The number of allylic oxidation sites excluding steroid dienone is 2. The van der Waals surface area contributed by atoms with Crippen LogP contribution in [0.5, 0.6) is 0 Å². The minimum Gasteiger partial charge on any atom is -0.308 e. The summed E-state index contributed by atoms with van der Waals surface area (Å²) in [5.41, 5.74) is -1.09. The van der Waals surface area contributed by atoms with E-state index in [2.05, 4.69) is 0 Å². The van der Waals surface area contributed by atoms with Gasteiger partial charge >= 0.3 is 7.60 Å². The van der Waals surface area contributed by atoms with Crippen molar-refractivity contribution in [3.05, 3.63) is 12.2 Å². The summed E-state index contributed by atoms with van der Waals surface area (Å²) in [7, 11) is -3.37. The summed E-state index contributed by atoms with van der Waals surface area (Å²) in [6.07, 6.45) is 4.01. The van der Waals surface area contributed by atoms with Gasteiger partial charge in [0.15, 0.2) is 5.78 Å². The van der Waals surface area contributed by atoms with Crippen molar-refractivity contribution in [2.24, 2.45) is 5.41 Å². The van der Waals surface area contributed by atoms with E-state index >= 15 is 0 Å². The van der Waals surface area contributed by atoms with Gasteiger partial charge in [-0.25, -0.2) is 0 Å². The van der Waals surface area contributed by atoms with E-state index in [9.17, 15) is 9.36 Å². The van der Waals surface area contributed by atoms with E-state index in [0.29, 0.717) is 6.42 Å². The fourth-order valence-electron chi connectivity index (χ4n) is 2.20. The quantitative estimate of drug-likeness (QED) is 0.712. The van der Waals surface area contributed by atoms with E-state index in [1.807, 2.05) is 19.9 Å². The molecule has 17 heavy (non-hydrogen) atoms. The van der Waals surface area contributed by atoms with Gasteiger partial charge in [-0.05, 0) is 31.8 Å². The summed E-state index contributed by atoms with van der Waals surface area (Å²) < 4.78 is 23.3. The molecule has 0 bridgehead atoms. The van der Waals surface area contributed by atoms with Crippen molar-refractivity contribution < 1.29 is 18.4 Å². The van der Waals surface area contributed by atoms with Crippen molar-refractivity contribution >= 4 is 13.4 Å². The molecule has 0 aromatic carbocycles. The van der Waals surface area contributed by atoms with E-state index in [1.165, 1.54) is 6.08 Å². The topological polar surface area (TPSA) is 52.6 Å². The van der Waals surface area contributed by atoms with E-state index in [-0.39, 0.29) is 19.0 Å². The number of hydrogen-bond donors (Lipinski definition) is 0. The Morgan fingerprint density at radius 2 is 1.88 bits per heavy atom. The average Bonchev–Trinajstić information content (AvgIpc) is 2.15. The first kappa shape index (κ1) is 14.6. The maximum Gasteiger partial charge on any atom is 0.341 e. The second-order valence-electron chi connectivity index (χ2n) is 4.78. The highest BCUT2D eigenvalue weighted by Gasteiger charge is 2.50. The van der Waals surface area contributed by atoms with Crippen molar-refractivity contribution in [3.8, 4) is 0 Å². The van der Waals surface area contributed by atoms with Crippen LogP contribution in [0.1, 0.15) is 34.1 Å². The lowest BCUT2D eigenvalue weighted by atomic mass is 9.80. The van der Waals surface area contributed by atoms with Gasteiger partial charge in [-0.15, -0.1) is 0 Å². The van der Waals surface area contributed by atoms with Crippen LogP contribution >= 0.6 is 7.60 Å². The number of carbonyl (C=O) groups is 1. The lowest BCUT2D eigenvalue weighted by Gasteiger charge is -2.37. The molecule has 0 fully saturated rings. The number of ketones is 1. The molecule has 5 heteroatoms. The Morgan fingerprint density at radius 3 is 2.29 bits per heavy atom. The van der Waals surface area contributed by atoms with Gasteiger partial charge in [0.1, 0.15) is 5.66 Å². The van der Waals surface area contributed by atoms with Gasteiger partial charge in [-0.3, -0.25) is 9.36 Å². The van der Waals surface area contributed by atoms with Crippen LogP contribution in [-0.4, -0.2) is 24.7 Å². The molecule has 98 valence electrons. The van der Waals surface area contributed by atoms with Gasteiger partial charge in [-0.2, -0.15) is 0 Å². The lowest BCUT2D eigenvalue weighted by molar-refractivity contribution is -0.117. The highest BCUT2D eigenvalue weighted by atomic mass is 31.2. The third-order valence-electron chi connectivity index (χ3n) is 2.87. The summed E-state index contributed by atoms with van der Waals surface area (Å²) in [6.45, 7) is 7.90. The first-order chi connectivity index (χ1) is 7.87. The van der Waals surface area contributed by atoms with E-state index in [0.717, 1.165) is 0 Å². The van der Waals surface area contributed by atoms with Gasteiger partial charge < -0.3 is 9.05 Å². The molecular weight excluding hydrogens is 239 g/mol. The average molecular weight is 260 g/mol. The van der Waals surface area contributed by atoms with Crippen LogP contribution in [0.4, 0.5) is 0 Å². The number of carbonyl (C=O) groups excluding carboxylic acids is 1. The zero-order valence-electron chi connectivity index (χ0n) is 10.9. The molecule has 1 aliphatic carbocycles. The Bertz CT molecular complexity index is 350. The molecular formula is C12H21O4P. The summed E-state index contributed by atoms with van der Waals surface area (Å²) >= 11 is 0. The molecule has 1 aliphatic rings. The molecule has 1 rings (SSSR count). The van der Waals surface area contributed by atoms with Crippen LogP contribution in [0.2, 0.25) is 0 Å². The molecule has 0 N–H and O–H groups in total. The zero-order chi connectivity index (χ0) is 13.1. The summed E-state index contributed by atoms with van der Waals surface area (Å²) in [4.78, 5) is 12.0. The molecule has 0 aromatic rings. The fourth-order valence-corrected chi connectivity index (χ4v) is 4.65. The molecule has 0 saturated carbocycles. The first-order valence-electron chi connectivity index (χ1n) is 5.96. The van der Waals surface area contributed by atoms with Crippen LogP contribution in [-0.2, 0) is 18.4 Å². The molecule has 1 atom stereocenters. The molecule has 0 radical (unpaired) electrons. The van der Waals surface area contributed by atoms with Crippen molar-refractivity contribution in [2.45, 2.75) is 39.8 Å². The molecule has 0 spiro atoms. The zero-order valence-corrected chi connectivity index (χ0v) is 11.8. The third kappa shape index (κ3) is 3.06. The van der Waals surface area contributed by atoms with E-state index < -0.39 is 18.7 Å². The minimum absolute atomic E-state index is 0.161. The molecule has 0 aliphatic heterocycles. The van der Waals surface area contributed by atoms with E-state index in [4.69, 9.17) is 9.05 Å². The Kier molecular flexibility index (Phi) is 4.70. The Morgan fingerprint density at radius 1 is 1.35 bits per heavy atom. The van der Waals surface area contributed by atoms with Crippen molar-refractivity contribution in [3.63, 3.8) is 0 Å². The number of hydrogen-bond acceptors (Lipinski definition) is 4. The predicted octanol–water partition coefficient (Wildman–Crippen LogP) is 3.18. The summed E-state index contributed by atoms with van der Waals surface area (Å²) in [5.74, 6) is -0.161. The minimum atomic E-state index is -3.37. The maximum atomic E-state index is 12.7. The third-order valence-corrected chi connectivity index (χ3v) is 5.69. The van der Waals surface area contributed by atoms with Crippen LogP contribution in [0.3, 0.4) is 0 Å². The van der Waals surface area contributed by atoms with Crippen molar-refractivity contribution in [1.29, 1.82) is 0 Å². The highest BCUT2D eigenvalue weighted by Crippen LogP contribution is 2.60. The van der Waals surface area contributed by atoms with Gasteiger partial charge in [-0.1, -0.05) is 19.9 Å². The molecule has 0 amide bonds. The molecule has 0 saturated heterocycles. The highest BCUT2D eigenvalue weighted by molar-refractivity contribution is 7.55. The Hall–Kier alpha value is -0.440. The van der Waals surface area contributed by atoms with Gasteiger partial charge in [0.2, 0.25) is 0 Å². The maximum absolute atomic E-state index is 12.7. The predicted molar refractivity (Wildman–Crippen MR) is 67.2 cm³/mol. The summed E-state index contributed by atoms with van der Waals surface area (Å²) in [6, 6.07) is 0. The Labute approximate surface area is 103 Å². The number of rotatable bonds is 5. The van der Waals surface area contributed by atoms with Gasteiger partial charge in [0, 0.05) is 0 Å². The van der Waals surface area contributed by atoms with Crippen LogP contribution in [0, 0.1) is 5.41 Å². The van der Waals surface area contributed by atoms with Gasteiger partial charge in [0.25, 0.3) is 0 Å². The van der Waals surface area contributed by atoms with E-state index in [1.54, 1.807) is 13.8 Å². The van der Waals surface area contributed by atoms with Crippen molar-refractivity contribution in [2.75, 3.05) is 13.2 Å². The lowest BCUT2D eigenvalue weighted by Crippen LogP contribution is -2.39. The second-order valence-corrected chi connectivity index (χ2v) is 6.89. The first-order valence-corrected chi connectivity index (χ1v) is 7.57. The Balaban J connectivity index is 3.11. The summed E-state index contributed by atoms with van der Waals surface area (Å²) in [5, 5.41) is 0. The normalized spacial score (nSPS) is 24.0. The van der Waals surface area contributed by atoms with Gasteiger partial charge in [0.05, 0.1) is 13.2 Å². The molecule has 0 heterocycles.